The molecule has 0 saturated carbocycles. The molecule has 9 heteroatoms. The van der Waals surface area contributed by atoms with Crippen LogP contribution in [0.1, 0.15) is 10.1 Å². The van der Waals surface area contributed by atoms with Gasteiger partial charge in [-0.2, -0.15) is 0 Å². The van der Waals surface area contributed by atoms with Gasteiger partial charge in [0.25, 0.3) is 15.9 Å². The molecule has 0 aliphatic carbocycles. The van der Waals surface area contributed by atoms with Crippen LogP contribution in [0.25, 0.3) is 0 Å². The Kier molecular flexibility index (Phi) is 4.85. The fraction of sp³-hybridized carbons (Fsp3) is 0.294. The largest absolute Gasteiger partial charge is 0.330 e. The molecular formula is C17H17N3O3S3. The molecule has 1 N–H and O–H groups in total. The van der Waals surface area contributed by atoms with Crippen molar-refractivity contribution >= 4 is 51.0 Å². The molecule has 26 heavy (non-hydrogen) atoms. The number of rotatable bonds is 3. The molecular weight excluding hydrogens is 390 g/mol. The third kappa shape index (κ3) is 3.84. The number of amidine groups is 1. The van der Waals surface area contributed by atoms with Gasteiger partial charge in [0.05, 0.1) is 15.9 Å². The van der Waals surface area contributed by atoms with E-state index in [2.05, 4.69) is 15.8 Å². The van der Waals surface area contributed by atoms with Crippen molar-refractivity contribution in [3.8, 4) is 0 Å². The molecule has 4 rings (SSSR count). The minimum absolute atomic E-state index is 0.0471. The monoisotopic (exact) mass is 407 g/mol. The number of fused-ring (bicyclic) bond motifs is 1. The maximum absolute atomic E-state index is 12.6. The second-order valence-corrected chi connectivity index (χ2v) is 10.5. The quantitative estimate of drug-likeness (QED) is 0.830. The van der Waals surface area contributed by atoms with Crippen LogP contribution in [0.2, 0.25) is 0 Å². The summed E-state index contributed by atoms with van der Waals surface area (Å²) in [6, 6.07) is 7.93. The van der Waals surface area contributed by atoms with Crippen LogP contribution in [-0.2, 0) is 14.8 Å². The lowest BCUT2D eigenvalue weighted by atomic mass is 10.1. The maximum atomic E-state index is 12.6. The molecule has 1 saturated heterocycles. The van der Waals surface area contributed by atoms with Crippen molar-refractivity contribution in [2.24, 2.45) is 4.40 Å². The fourth-order valence-electron chi connectivity index (χ4n) is 2.85. The van der Waals surface area contributed by atoms with E-state index in [-0.39, 0.29) is 11.7 Å². The summed E-state index contributed by atoms with van der Waals surface area (Å²) < 4.78 is 27.2. The lowest BCUT2D eigenvalue weighted by molar-refractivity contribution is -0.112. The zero-order chi connectivity index (χ0) is 18.1. The third-order valence-electron chi connectivity index (χ3n) is 4.12. The third-order valence-corrected chi connectivity index (χ3v) is 8.39. The van der Waals surface area contributed by atoms with Gasteiger partial charge in [0.2, 0.25) is 0 Å². The van der Waals surface area contributed by atoms with Crippen LogP contribution in [0.15, 0.2) is 52.6 Å². The second-order valence-electron chi connectivity index (χ2n) is 6.00. The molecule has 0 radical (unpaired) electrons. The summed E-state index contributed by atoms with van der Waals surface area (Å²) in [5.74, 6) is 2.38. The van der Waals surface area contributed by atoms with Crippen molar-refractivity contribution in [3.63, 3.8) is 0 Å². The second kappa shape index (κ2) is 7.13. The molecule has 0 unspecified atom stereocenters. The van der Waals surface area contributed by atoms with E-state index < -0.39 is 10.0 Å². The average Bonchev–Trinajstić information content (AvgIpc) is 3.15. The van der Waals surface area contributed by atoms with Crippen molar-refractivity contribution in [2.75, 3.05) is 29.1 Å². The number of amides is 1. The van der Waals surface area contributed by atoms with Crippen LogP contribution < -0.4 is 5.32 Å². The number of hydrogen-bond acceptors (Lipinski definition) is 6. The van der Waals surface area contributed by atoms with Crippen molar-refractivity contribution in [3.05, 3.63) is 53.8 Å². The molecule has 136 valence electrons. The van der Waals surface area contributed by atoms with Gasteiger partial charge in [-0.1, -0.05) is 12.1 Å². The Bertz CT molecular complexity index is 932. The van der Waals surface area contributed by atoms with E-state index in [0.29, 0.717) is 22.5 Å². The first-order valence-corrected chi connectivity index (χ1v) is 11.8. The topological polar surface area (TPSA) is 78.8 Å². The lowest BCUT2D eigenvalue weighted by Crippen LogP contribution is -2.37. The molecule has 0 spiro atoms. The van der Waals surface area contributed by atoms with E-state index >= 15 is 0 Å². The number of nitrogens with zero attached hydrogens (tertiary/aromatic N) is 2. The molecule has 1 aromatic carbocycles. The maximum Gasteiger partial charge on any atom is 0.257 e. The molecule has 3 heterocycles. The molecule has 3 aliphatic rings. The number of thioether (sulfide) groups is 2. The van der Waals surface area contributed by atoms with Crippen LogP contribution in [-0.4, -0.2) is 48.9 Å². The number of carbonyl (C=O) groups excluding carboxylic acids is 1. The standard InChI is InChI=1S/C17H17N3O3S3/c21-16(13-4-5-15-19-26(22,23)9-6-20(15)11-13)18-14-3-1-2-12(10-14)17-24-7-8-25-17/h1-5,10-11,17H,6-9H2,(H,18,21). The highest BCUT2D eigenvalue weighted by atomic mass is 32.2. The van der Waals surface area contributed by atoms with Crippen molar-refractivity contribution in [1.82, 2.24) is 4.90 Å². The summed E-state index contributed by atoms with van der Waals surface area (Å²) in [6.07, 6.45) is 4.81. The summed E-state index contributed by atoms with van der Waals surface area (Å²) in [7, 11) is -3.39. The van der Waals surface area contributed by atoms with Crippen LogP contribution in [0.5, 0.6) is 0 Å². The lowest BCUT2D eigenvalue weighted by Gasteiger charge is -2.27. The first-order chi connectivity index (χ1) is 12.5. The Hall–Kier alpha value is -1.71. The van der Waals surface area contributed by atoms with E-state index in [0.717, 1.165) is 17.2 Å². The fourth-order valence-corrected chi connectivity index (χ4v) is 6.66. The van der Waals surface area contributed by atoms with Crippen molar-refractivity contribution in [2.45, 2.75) is 4.58 Å². The molecule has 1 aromatic rings. The van der Waals surface area contributed by atoms with Gasteiger partial charge >= 0.3 is 0 Å². The Morgan fingerprint density at radius 3 is 2.85 bits per heavy atom. The molecule has 1 fully saturated rings. The first-order valence-electron chi connectivity index (χ1n) is 8.14. The zero-order valence-electron chi connectivity index (χ0n) is 13.8. The SMILES string of the molecule is O=C(Nc1cccc(C2SCCS2)c1)C1=CN2CCS(=O)(=O)N=C2C=C1. The average molecular weight is 408 g/mol. The molecule has 1 amide bonds. The summed E-state index contributed by atoms with van der Waals surface area (Å²) in [4.78, 5) is 14.3. The van der Waals surface area contributed by atoms with Gasteiger partial charge in [-0.3, -0.25) is 4.79 Å². The van der Waals surface area contributed by atoms with Crippen LogP contribution >= 0.6 is 23.5 Å². The summed E-state index contributed by atoms with van der Waals surface area (Å²) in [5, 5.41) is 2.93. The van der Waals surface area contributed by atoms with Gasteiger partial charge < -0.3 is 10.2 Å². The summed E-state index contributed by atoms with van der Waals surface area (Å²) in [5.41, 5.74) is 2.44. The van der Waals surface area contributed by atoms with E-state index in [1.807, 2.05) is 41.7 Å². The molecule has 6 nitrogen and oxygen atoms in total. The van der Waals surface area contributed by atoms with Crippen molar-refractivity contribution < 1.29 is 13.2 Å². The highest BCUT2D eigenvalue weighted by Gasteiger charge is 2.25. The molecule has 3 aliphatic heterocycles. The smallest absolute Gasteiger partial charge is 0.257 e. The highest BCUT2D eigenvalue weighted by molar-refractivity contribution is 8.19. The van der Waals surface area contributed by atoms with Crippen LogP contribution in [0, 0.1) is 0 Å². The number of benzene rings is 1. The highest BCUT2D eigenvalue weighted by Crippen LogP contribution is 2.45. The van der Waals surface area contributed by atoms with Crippen LogP contribution in [0.3, 0.4) is 0 Å². The predicted octanol–water partition coefficient (Wildman–Crippen LogP) is 2.60. The first kappa shape index (κ1) is 17.7. The molecule has 0 atom stereocenters. The van der Waals surface area contributed by atoms with Gasteiger partial charge in [0.1, 0.15) is 5.84 Å². The number of sulfonamides is 1. The Labute approximate surface area is 160 Å². The number of anilines is 1. The Morgan fingerprint density at radius 2 is 2.04 bits per heavy atom. The minimum atomic E-state index is -3.39. The Morgan fingerprint density at radius 1 is 1.23 bits per heavy atom. The van der Waals surface area contributed by atoms with Crippen LogP contribution in [0.4, 0.5) is 5.69 Å². The summed E-state index contributed by atoms with van der Waals surface area (Å²) >= 11 is 3.84. The zero-order valence-corrected chi connectivity index (χ0v) is 16.2. The predicted molar refractivity (Wildman–Crippen MR) is 108 cm³/mol. The van der Waals surface area contributed by atoms with Gasteiger partial charge in [0.15, 0.2) is 0 Å². The summed E-state index contributed by atoms with van der Waals surface area (Å²) in [6.45, 7) is 0.300. The Balaban J connectivity index is 1.48. The normalized spacial score (nSPS) is 21.8. The number of nitrogens with one attached hydrogen (secondary N) is 1. The van der Waals surface area contributed by atoms with Gasteiger partial charge in [-0.15, -0.1) is 27.9 Å². The van der Waals surface area contributed by atoms with Crippen molar-refractivity contribution in [1.29, 1.82) is 0 Å². The molecule has 0 bridgehead atoms. The minimum Gasteiger partial charge on any atom is -0.330 e. The van der Waals surface area contributed by atoms with Gasteiger partial charge in [-0.25, -0.2) is 8.42 Å². The molecule has 0 aromatic heterocycles. The number of hydrogen-bond donors (Lipinski definition) is 1. The van der Waals surface area contributed by atoms with E-state index in [4.69, 9.17) is 0 Å². The van der Waals surface area contributed by atoms with Gasteiger partial charge in [-0.05, 0) is 29.8 Å². The van der Waals surface area contributed by atoms with E-state index in [1.54, 1.807) is 23.3 Å². The number of carbonyl (C=O) groups is 1. The van der Waals surface area contributed by atoms with E-state index in [1.165, 1.54) is 5.56 Å². The van der Waals surface area contributed by atoms with E-state index in [9.17, 15) is 13.2 Å². The van der Waals surface area contributed by atoms with Gasteiger partial charge in [0, 0.05) is 29.9 Å².